The van der Waals surface area contributed by atoms with Crippen molar-refractivity contribution in [1.82, 2.24) is 9.97 Å². The van der Waals surface area contributed by atoms with Gasteiger partial charge in [-0.3, -0.25) is 5.43 Å². The molecule has 1 aromatic heterocycles. The first-order valence-electron chi connectivity index (χ1n) is 5.45. The van der Waals surface area contributed by atoms with Crippen molar-refractivity contribution in [3.8, 4) is 17.4 Å². The molecule has 3 N–H and O–H groups in total. The van der Waals surface area contributed by atoms with E-state index in [0.717, 1.165) is 15.8 Å². The lowest BCUT2D eigenvalue weighted by Gasteiger charge is -2.10. The van der Waals surface area contributed by atoms with E-state index in [1.807, 2.05) is 13.0 Å². The summed E-state index contributed by atoms with van der Waals surface area (Å²) in [6.45, 7) is 1.85. The van der Waals surface area contributed by atoms with E-state index >= 15 is 0 Å². The van der Waals surface area contributed by atoms with Crippen LogP contribution in [0.2, 0.25) is 0 Å². The molecule has 19 heavy (non-hydrogen) atoms. The molecule has 6 nitrogen and oxygen atoms in total. The highest BCUT2D eigenvalue weighted by atomic mass is 79.9. The first kappa shape index (κ1) is 13.6. The van der Waals surface area contributed by atoms with E-state index in [2.05, 4.69) is 31.3 Å². The van der Waals surface area contributed by atoms with Gasteiger partial charge in [-0.2, -0.15) is 4.98 Å². The average molecular weight is 325 g/mol. The Morgan fingerprint density at radius 3 is 2.79 bits per heavy atom. The van der Waals surface area contributed by atoms with E-state index < -0.39 is 0 Å². The van der Waals surface area contributed by atoms with Crippen LogP contribution in [0, 0.1) is 6.92 Å². The fraction of sp³-hybridized carbons (Fsp3) is 0.167. The SMILES string of the molecule is COc1ccc(Oc2nc(NN)ncc2C)c(Br)c1. The predicted molar refractivity (Wildman–Crippen MR) is 75.3 cm³/mol. The second kappa shape index (κ2) is 5.85. The maximum absolute atomic E-state index is 5.73. The molecule has 0 unspecified atom stereocenters. The zero-order valence-corrected chi connectivity index (χ0v) is 12.1. The molecule has 1 aromatic carbocycles. The van der Waals surface area contributed by atoms with Gasteiger partial charge in [-0.25, -0.2) is 10.8 Å². The van der Waals surface area contributed by atoms with Crippen molar-refractivity contribution in [2.75, 3.05) is 12.5 Å². The lowest BCUT2D eigenvalue weighted by atomic mass is 10.3. The number of nitrogens with zero attached hydrogens (tertiary/aromatic N) is 2. The number of nitrogens with two attached hydrogens (primary N) is 1. The summed E-state index contributed by atoms with van der Waals surface area (Å²) < 4.78 is 11.6. The molecular formula is C12H13BrN4O2. The second-order valence-corrected chi connectivity index (χ2v) is 4.58. The molecule has 0 aliphatic heterocycles. The normalized spacial score (nSPS) is 10.1. The topological polar surface area (TPSA) is 82.3 Å². The number of nitrogen functional groups attached to an aromatic ring is 1. The number of ether oxygens (including phenoxy) is 2. The first-order chi connectivity index (χ1) is 9.13. The zero-order chi connectivity index (χ0) is 13.8. The van der Waals surface area contributed by atoms with Crippen molar-refractivity contribution < 1.29 is 9.47 Å². The molecule has 1 heterocycles. The number of benzene rings is 1. The molecule has 0 fully saturated rings. The Morgan fingerprint density at radius 2 is 2.16 bits per heavy atom. The molecule has 0 aliphatic rings. The smallest absolute Gasteiger partial charge is 0.240 e. The number of aromatic nitrogens is 2. The van der Waals surface area contributed by atoms with E-state index in [1.54, 1.807) is 25.4 Å². The highest BCUT2D eigenvalue weighted by molar-refractivity contribution is 9.10. The third-order valence-corrected chi connectivity index (χ3v) is 3.02. The lowest BCUT2D eigenvalue weighted by Crippen LogP contribution is -2.11. The van der Waals surface area contributed by atoms with Crippen LogP contribution < -0.4 is 20.7 Å². The summed E-state index contributed by atoms with van der Waals surface area (Å²) in [4.78, 5) is 8.14. The summed E-state index contributed by atoms with van der Waals surface area (Å²) >= 11 is 3.42. The minimum Gasteiger partial charge on any atom is -0.497 e. The number of anilines is 1. The predicted octanol–water partition coefficient (Wildman–Crippen LogP) is 2.63. The minimum absolute atomic E-state index is 0.297. The van der Waals surface area contributed by atoms with Gasteiger partial charge in [-0.1, -0.05) is 0 Å². The van der Waals surface area contributed by atoms with Crippen molar-refractivity contribution in [3.05, 3.63) is 34.4 Å². The first-order valence-corrected chi connectivity index (χ1v) is 6.25. The number of aryl methyl sites for hydroxylation is 1. The number of rotatable bonds is 4. The minimum atomic E-state index is 0.297. The van der Waals surface area contributed by atoms with Crippen molar-refractivity contribution in [3.63, 3.8) is 0 Å². The summed E-state index contributed by atoms with van der Waals surface area (Å²) in [5, 5.41) is 0. The molecule has 0 spiro atoms. The van der Waals surface area contributed by atoms with E-state index in [1.165, 1.54) is 0 Å². The molecule has 0 aliphatic carbocycles. The molecule has 2 rings (SSSR count). The van der Waals surface area contributed by atoms with Gasteiger partial charge in [0.1, 0.15) is 11.5 Å². The van der Waals surface area contributed by atoms with Crippen LogP contribution in [0.15, 0.2) is 28.9 Å². The molecular weight excluding hydrogens is 312 g/mol. The molecule has 7 heteroatoms. The molecule has 100 valence electrons. The van der Waals surface area contributed by atoms with Crippen LogP contribution in [0.1, 0.15) is 5.56 Å². The summed E-state index contributed by atoms with van der Waals surface area (Å²) in [6, 6.07) is 5.41. The van der Waals surface area contributed by atoms with Gasteiger partial charge in [-0.05, 0) is 41.1 Å². The van der Waals surface area contributed by atoms with Crippen LogP contribution in [-0.4, -0.2) is 17.1 Å². The summed E-state index contributed by atoms with van der Waals surface area (Å²) in [5.41, 5.74) is 3.19. The largest absolute Gasteiger partial charge is 0.497 e. The third-order valence-electron chi connectivity index (χ3n) is 2.40. The Hall–Kier alpha value is -1.86. The van der Waals surface area contributed by atoms with Gasteiger partial charge in [0.15, 0.2) is 0 Å². The fourth-order valence-corrected chi connectivity index (χ4v) is 1.83. The van der Waals surface area contributed by atoms with E-state index in [9.17, 15) is 0 Å². The maximum atomic E-state index is 5.73. The van der Waals surface area contributed by atoms with E-state index in [4.69, 9.17) is 15.3 Å². The monoisotopic (exact) mass is 324 g/mol. The summed E-state index contributed by atoms with van der Waals surface area (Å²) in [7, 11) is 1.61. The number of methoxy groups -OCH3 is 1. The fourth-order valence-electron chi connectivity index (χ4n) is 1.39. The maximum Gasteiger partial charge on any atom is 0.240 e. The van der Waals surface area contributed by atoms with Crippen LogP contribution in [0.25, 0.3) is 0 Å². The van der Waals surface area contributed by atoms with Crippen molar-refractivity contribution in [1.29, 1.82) is 0 Å². The molecule has 2 aromatic rings. The Kier molecular flexibility index (Phi) is 4.18. The second-order valence-electron chi connectivity index (χ2n) is 3.72. The van der Waals surface area contributed by atoms with Crippen molar-refractivity contribution >= 4 is 21.9 Å². The van der Waals surface area contributed by atoms with Crippen LogP contribution in [0.3, 0.4) is 0 Å². The van der Waals surface area contributed by atoms with Crippen LogP contribution >= 0.6 is 15.9 Å². The number of hydrogen-bond acceptors (Lipinski definition) is 6. The molecule has 0 atom stereocenters. The van der Waals surface area contributed by atoms with Gasteiger partial charge in [0, 0.05) is 11.8 Å². The van der Waals surface area contributed by atoms with Crippen LogP contribution in [0.5, 0.6) is 17.4 Å². The summed E-state index contributed by atoms with van der Waals surface area (Å²) in [5.74, 6) is 7.38. The molecule has 0 bridgehead atoms. The molecule has 0 radical (unpaired) electrons. The van der Waals surface area contributed by atoms with Crippen LogP contribution in [0.4, 0.5) is 5.95 Å². The van der Waals surface area contributed by atoms with Gasteiger partial charge in [-0.15, -0.1) is 0 Å². The van der Waals surface area contributed by atoms with Gasteiger partial charge >= 0.3 is 0 Å². The summed E-state index contributed by atoms with van der Waals surface area (Å²) in [6.07, 6.45) is 1.63. The zero-order valence-electron chi connectivity index (χ0n) is 10.5. The third kappa shape index (κ3) is 3.12. The lowest BCUT2D eigenvalue weighted by molar-refractivity contribution is 0.411. The molecule has 0 saturated carbocycles. The number of halogens is 1. The van der Waals surface area contributed by atoms with Gasteiger partial charge in [0.2, 0.25) is 11.8 Å². The van der Waals surface area contributed by atoms with Crippen molar-refractivity contribution in [2.45, 2.75) is 6.92 Å². The van der Waals surface area contributed by atoms with E-state index in [0.29, 0.717) is 17.6 Å². The van der Waals surface area contributed by atoms with E-state index in [-0.39, 0.29) is 0 Å². The Balaban J connectivity index is 2.30. The van der Waals surface area contributed by atoms with Gasteiger partial charge in [0.05, 0.1) is 11.6 Å². The van der Waals surface area contributed by atoms with Gasteiger partial charge in [0.25, 0.3) is 0 Å². The molecule has 0 amide bonds. The quantitative estimate of drug-likeness (QED) is 0.664. The number of hydrogen-bond donors (Lipinski definition) is 2. The number of hydrazine groups is 1. The van der Waals surface area contributed by atoms with Gasteiger partial charge < -0.3 is 9.47 Å². The van der Waals surface area contributed by atoms with Crippen molar-refractivity contribution in [2.24, 2.45) is 5.84 Å². The highest BCUT2D eigenvalue weighted by Crippen LogP contribution is 2.33. The Bertz CT molecular complexity index is 592. The van der Waals surface area contributed by atoms with Crippen LogP contribution in [-0.2, 0) is 0 Å². The molecule has 0 saturated heterocycles. The number of nitrogens with one attached hydrogen (secondary N) is 1. The standard InChI is InChI=1S/C12H13BrN4O2/c1-7-6-15-12(17-14)16-11(7)19-10-4-3-8(18-2)5-9(10)13/h3-6H,14H2,1-2H3,(H,15,16,17). The highest BCUT2D eigenvalue weighted by Gasteiger charge is 2.09. The Morgan fingerprint density at radius 1 is 1.37 bits per heavy atom. The average Bonchev–Trinajstić information content (AvgIpc) is 2.43. The Labute approximate surface area is 119 Å².